The fraction of sp³-hybridized carbons (Fsp3) is 0.111. The van der Waals surface area contributed by atoms with Crippen molar-refractivity contribution in [2.45, 2.75) is 6.42 Å². The predicted molar refractivity (Wildman–Crippen MR) is 83.6 cm³/mol. The van der Waals surface area contributed by atoms with E-state index in [1.165, 1.54) is 23.8 Å². The molecule has 0 aliphatic heterocycles. The molecule has 0 saturated heterocycles. The number of nitrogens with zero attached hydrogens (tertiary/aromatic N) is 1. The Morgan fingerprint density at radius 2 is 1.91 bits per heavy atom. The minimum Gasteiger partial charge on any atom is -0.465 e. The molecule has 1 heterocycles. The lowest BCUT2D eigenvalue weighted by molar-refractivity contribution is 0.0601. The molecule has 22 heavy (non-hydrogen) atoms. The smallest absolute Gasteiger partial charge is 0.337 e. The molecule has 1 aromatic heterocycles. The minimum absolute atomic E-state index is 0.329. The van der Waals surface area contributed by atoms with E-state index in [1.807, 2.05) is 18.2 Å². The molecule has 1 N–H and O–H groups in total. The Hall–Kier alpha value is -2.88. The van der Waals surface area contributed by atoms with E-state index in [1.54, 1.807) is 12.1 Å². The fourth-order valence-electron chi connectivity index (χ4n) is 3.00. The third-order valence-corrected chi connectivity index (χ3v) is 4.07. The molecule has 0 unspecified atom stereocenters. The molecular weight excluding hydrogens is 276 g/mol. The third kappa shape index (κ3) is 1.84. The number of aromatic amines is 1. The maximum atomic E-state index is 11.5. The topological polar surface area (TPSA) is 55.0 Å². The number of hydrogen-bond acceptors (Lipinski definition) is 3. The van der Waals surface area contributed by atoms with Gasteiger partial charge in [-0.2, -0.15) is 5.10 Å². The van der Waals surface area contributed by atoms with E-state index in [0.717, 1.165) is 23.4 Å². The zero-order valence-electron chi connectivity index (χ0n) is 12.1. The monoisotopic (exact) mass is 290 g/mol. The summed E-state index contributed by atoms with van der Waals surface area (Å²) in [5.74, 6) is -0.329. The number of aromatic nitrogens is 2. The number of hydrogen-bond donors (Lipinski definition) is 1. The number of methoxy groups -OCH3 is 1. The van der Waals surface area contributed by atoms with Gasteiger partial charge in [0.25, 0.3) is 0 Å². The number of esters is 1. The van der Waals surface area contributed by atoms with Crippen molar-refractivity contribution < 1.29 is 9.53 Å². The van der Waals surface area contributed by atoms with E-state index in [0.29, 0.717) is 5.56 Å². The van der Waals surface area contributed by atoms with Crippen molar-refractivity contribution in [3.63, 3.8) is 0 Å². The van der Waals surface area contributed by atoms with Gasteiger partial charge in [-0.15, -0.1) is 0 Å². The van der Waals surface area contributed by atoms with Gasteiger partial charge in [0, 0.05) is 23.2 Å². The number of benzene rings is 2. The highest BCUT2D eigenvalue weighted by atomic mass is 16.5. The number of fused-ring (bicyclic) bond motifs is 3. The summed E-state index contributed by atoms with van der Waals surface area (Å²) in [7, 11) is 1.38. The first-order valence-corrected chi connectivity index (χ1v) is 7.12. The fourth-order valence-corrected chi connectivity index (χ4v) is 3.00. The number of nitrogens with one attached hydrogen (secondary N) is 1. The molecule has 0 atom stereocenters. The highest BCUT2D eigenvalue weighted by Gasteiger charge is 2.24. The van der Waals surface area contributed by atoms with Crippen LogP contribution in [0.5, 0.6) is 0 Å². The summed E-state index contributed by atoms with van der Waals surface area (Å²) in [6, 6.07) is 15.7. The lowest BCUT2D eigenvalue weighted by Gasteiger charge is -2.04. The SMILES string of the molecule is COC(=O)c1ccc(-c2n[nH]c3c2-c2ccccc2C3)cc1. The molecular formula is C18H14N2O2. The highest BCUT2D eigenvalue weighted by molar-refractivity contribution is 5.91. The summed E-state index contributed by atoms with van der Waals surface area (Å²) in [4.78, 5) is 11.5. The Balaban J connectivity index is 1.79. The minimum atomic E-state index is -0.329. The van der Waals surface area contributed by atoms with Crippen molar-refractivity contribution in [2.24, 2.45) is 0 Å². The van der Waals surface area contributed by atoms with Gasteiger partial charge in [-0.1, -0.05) is 36.4 Å². The molecule has 0 fully saturated rings. The third-order valence-electron chi connectivity index (χ3n) is 4.07. The number of ether oxygens (including phenoxy) is 1. The molecule has 0 saturated carbocycles. The average Bonchev–Trinajstić information content (AvgIpc) is 3.13. The zero-order valence-corrected chi connectivity index (χ0v) is 12.1. The Morgan fingerprint density at radius 3 is 2.68 bits per heavy atom. The Morgan fingerprint density at radius 1 is 1.14 bits per heavy atom. The van der Waals surface area contributed by atoms with Gasteiger partial charge in [-0.05, 0) is 23.3 Å². The molecule has 108 valence electrons. The summed E-state index contributed by atoms with van der Waals surface area (Å²) >= 11 is 0. The first kappa shape index (κ1) is 12.8. The molecule has 0 bridgehead atoms. The standard InChI is InChI=1S/C18H14N2O2/c1-22-18(21)12-8-6-11(7-9-12)17-16-14-5-3-2-4-13(14)10-15(16)19-20-17/h2-9H,10H2,1H3,(H,19,20). The maximum absolute atomic E-state index is 11.5. The van der Waals surface area contributed by atoms with Crippen molar-refractivity contribution in [2.75, 3.05) is 7.11 Å². The maximum Gasteiger partial charge on any atom is 0.337 e. The Bertz CT molecular complexity index is 863. The molecule has 1 aliphatic rings. The summed E-state index contributed by atoms with van der Waals surface area (Å²) in [5.41, 5.74) is 7.32. The molecule has 2 aromatic carbocycles. The molecule has 0 spiro atoms. The number of carbonyl (C=O) groups is 1. The van der Waals surface area contributed by atoms with Crippen LogP contribution in [0.2, 0.25) is 0 Å². The highest BCUT2D eigenvalue weighted by Crippen LogP contribution is 2.41. The van der Waals surface area contributed by atoms with Crippen molar-refractivity contribution in [1.82, 2.24) is 10.2 Å². The predicted octanol–water partition coefficient (Wildman–Crippen LogP) is 3.43. The van der Waals surface area contributed by atoms with E-state index in [9.17, 15) is 4.79 Å². The van der Waals surface area contributed by atoms with Crippen LogP contribution in [-0.4, -0.2) is 23.3 Å². The average molecular weight is 290 g/mol. The normalized spacial score (nSPS) is 11.9. The molecule has 0 radical (unpaired) electrons. The van der Waals surface area contributed by atoms with Crippen LogP contribution in [-0.2, 0) is 11.2 Å². The molecule has 4 nitrogen and oxygen atoms in total. The number of carbonyl (C=O) groups excluding carboxylic acids is 1. The first-order valence-electron chi connectivity index (χ1n) is 7.12. The van der Waals surface area contributed by atoms with E-state index in [-0.39, 0.29) is 5.97 Å². The van der Waals surface area contributed by atoms with Gasteiger partial charge in [0.15, 0.2) is 0 Å². The van der Waals surface area contributed by atoms with Crippen LogP contribution in [0.15, 0.2) is 48.5 Å². The van der Waals surface area contributed by atoms with Crippen LogP contribution >= 0.6 is 0 Å². The quantitative estimate of drug-likeness (QED) is 0.575. The molecule has 4 rings (SSSR count). The molecule has 0 amide bonds. The second-order valence-electron chi connectivity index (χ2n) is 5.33. The molecule has 4 heteroatoms. The van der Waals surface area contributed by atoms with Crippen LogP contribution in [0.4, 0.5) is 0 Å². The van der Waals surface area contributed by atoms with Gasteiger partial charge in [0.2, 0.25) is 0 Å². The van der Waals surface area contributed by atoms with E-state index in [2.05, 4.69) is 28.4 Å². The zero-order chi connectivity index (χ0) is 15.1. The Kier molecular flexibility index (Phi) is 2.82. The number of H-pyrrole nitrogens is 1. The van der Waals surface area contributed by atoms with Crippen LogP contribution in [0.3, 0.4) is 0 Å². The van der Waals surface area contributed by atoms with Gasteiger partial charge < -0.3 is 4.74 Å². The van der Waals surface area contributed by atoms with Crippen molar-refractivity contribution in [1.29, 1.82) is 0 Å². The lowest BCUT2D eigenvalue weighted by atomic mass is 10.0. The van der Waals surface area contributed by atoms with Crippen molar-refractivity contribution >= 4 is 5.97 Å². The van der Waals surface area contributed by atoms with Gasteiger partial charge in [0.05, 0.1) is 12.7 Å². The first-order chi connectivity index (χ1) is 10.8. The van der Waals surface area contributed by atoms with E-state index in [4.69, 9.17) is 4.74 Å². The van der Waals surface area contributed by atoms with Gasteiger partial charge >= 0.3 is 5.97 Å². The Labute approximate surface area is 127 Å². The second-order valence-corrected chi connectivity index (χ2v) is 5.33. The van der Waals surface area contributed by atoms with Crippen molar-refractivity contribution in [3.05, 3.63) is 65.4 Å². The summed E-state index contributed by atoms with van der Waals surface area (Å²) in [6.45, 7) is 0. The summed E-state index contributed by atoms with van der Waals surface area (Å²) in [6.07, 6.45) is 0.888. The second kappa shape index (κ2) is 4.84. The number of rotatable bonds is 2. The van der Waals surface area contributed by atoms with E-state index < -0.39 is 0 Å². The van der Waals surface area contributed by atoms with Crippen LogP contribution in [0.25, 0.3) is 22.4 Å². The summed E-state index contributed by atoms with van der Waals surface area (Å²) in [5, 5.41) is 7.60. The van der Waals surface area contributed by atoms with Gasteiger partial charge in [-0.3, -0.25) is 5.10 Å². The summed E-state index contributed by atoms with van der Waals surface area (Å²) < 4.78 is 4.73. The molecule has 1 aliphatic carbocycles. The molecule has 3 aromatic rings. The van der Waals surface area contributed by atoms with Gasteiger partial charge in [-0.25, -0.2) is 4.79 Å². The van der Waals surface area contributed by atoms with E-state index >= 15 is 0 Å². The van der Waals surface area contributed by atoms with Crippen molar-refractivity contribution in [3.8, 4) is 22.4 Å². The van der Waals surface area contributed by atoms with Crippen LogP contribution < -0.4 is 0 Å². The van der Waals surface area contributed by atoms with Gasteiger partial charge in [0.1, 0.15) is 5.69 Å². The van der Waals surface area contributed by atoms with Crippen LogP contribution in [0.1, 0.15) is 21.6 Å². The van der Waals surface area contributed by atoms with Crippen LogP contribution in [0, 0.1) is 0 Å². The lowest BCUT2D eigenvalue weighted by Crippen LogP contribution is -2.00. The largest absolute Gasteiger partial charge is 0.465 e.